The fraction of sp³-hybridized carbons (Fsp3) is 0.500. The molecule has 1 aliphatic heterocycles. The predicted molar refractivity (Wildman–Crippen MR) is 97.9 cm³/mol. The predicted octanol–water partition coefficient (Wildman–Crippen LogP) is 4.38. The third-order valence-corrected chi connectivity index (χ3v) is 5.22. The smallest absolute Gasteiger partial charge is 0.449 e. The van der Waals surface area contributed by atoms with E-state index in [9.17, 15) is 22.8 Å². The van der Waals surface area contributed by atoms with Crippen molar-refractivity contribution < 1.29 is 32.2 Å². The number of thiocarbonyl (C=S) groups is 1. The molecule has 6 nitrogen and oxygen atoms in total. The number of carbonyl (C=O) groups excluding carboxylic acids is 2. The Bertz CT molecular complexity index is 793. The first-order valence-corrected chi connectivity index (χ1v) is 9.32. The van der Waals surface area contributed by atoms with E-state index in [2.05, 4.69) is 4.74 Å². The van der Waals surface area contributed by atoms with Crippen molar-refractivity contribution in [3.8, 4) is 5.75 Å². The first-order chi connectivity index (χ1) is 13.2. The van der Waals surface area contributed by atoms with Crippen LogP contribution in [0.2, 0.25) is 0 Å². The highest BCUT2D eigenvalue weighted by atomic mass is 32.1. The van der Waals surface area contributed by atoms with E-state index in [1.165, 1.54) is 17.0 Å². The summed E-state index contributed by atoms with van der Waals surface area (Å²) in [6.07, 6.45) is -2.46. The Morgan fingerprint density at radius 2 is 1.93 bits per heavy atom. The van der Waals surface area contributed by atoms with Crippen LogP contribution in [0.3, 0.4) is 0 Å². The molecule has 0 N–H and O–H groups in total. The number of hydrogen-bond donors (Lipinski definition) is 0. The van der Waals surface area contributed by atoms with Crippen molar-refractivity contribution >= 4 is 35.0 Å². The van der Waals surface area contributed by atoms with Gasteiger partial charge in [0.2, 0.25) is 0 Å². The van der Waals surface area contributed by atoms with E-state index >= 15 is 0 Å². The van der Waals surface area contributed by atoms with E-state index in [0.29, 0.717) is 12.8 Å². The van der Waals surface area contributed by atoms with E-state index in [0.717, 1.165) is 36.3 Å². The van der Waals surface area contributed by atoms with Crippen LogP contribution in [0.1, 0.15) is 39.0 Å². The zero-order valence-electron chi connectivity index (χ0n) is 15.1. The van der Waals surface area contributed by atoms with Gasteiger partial charge >= 0.3 is 12.5 Å². The second kappa shape index (κ2) is 7.57. The number of nitrogens with zero attached hydrogens (tertiary/aromatic N) is 2. The highest BCUT2D eigenvalue weighted by Crippen LogP contribution is 2.44. The molecule has 3 rings (SSSR count). The van der Waals surface area contributed by atoms with Crippen LogP contribution >= 0.6 is 12.2 Å². The van der Waals surface area contributed by atoms with Gasteiger partial charge in [0.25, 0.3) is 5.91 Å². The van der Waals surface area contributed by atoms with E-state index < -0.39 is 29.7 Å². The summed E-state index contributed by atoms with van der Waals surface area (Å²) in [5, 5.41) is -0.102. The third-order valence-electron chi connectivity index (χ3n) is 4.85. The maximum Gasteiger partial charge on any atom is 0.573 e. The maximum atomic E-state index is 13.2. The molecule has 0 atom stereocenters. The number of carbonyl (C=O) groups is 2. The van der Waals surface area contributed by atoms with Gasteiger partial charge < -0.3 is 14.4 Å². The number of imide groups is 1. The minimum absolute atomic E-state index is 0.0626. The quantitative estimate of drug-likeness (QED) is 0.682. The molecule has 1 saturated heterocycles. The topological polar surface area (TPSA) is 59.1 Å². The van der Waals surface area contributed by atoms with Crippen LogP contribution in [0, 0.1) is 0 Å². The normalized spacial score (nSPS) is 19.3. The summed E-state index contributed by atoms with van der Waals surface area (Å²) in [4.78, 5) is 27.8. The molecule has 0 radical (unpaired) electrons. The number of amides is 2. The molecule has 2 aliphatic rings. The third kappa shape index (κ3) is 3.65. The molecule has 1 aliphatic carbocycles. The number of ether oxygens (including phenoxy) is 2. The molecule has 1 aromatic carbocycles. The average Bonchev–Trinajstić information content (AvgIpc) is 2.81. The standard InChI is InChI=1S/C18H19F3N2O4S/c1-2-26-16(25)22-14(24)17(9-4-3-5-10-17)23(15(22)28)12-7-6-8-13(11-12)27-18(19,20)21/h6-8,11H,2-5,9-10H2,1H3. The second-order valence-corrected chi connectivity index (χ2v) is 6.96. The highest BCUT2D eigenvalue weighted by Gasteiger charge is 2.58. The lowest BCUT2D eigenvalue weighted by Gasteiger charge is -2.39. The Balaban J connectivity index is 2.04. The van der Waals surface area contributed by atoms with Gasteiger partial charge in [-0.15, -0.1) is 13.2 Å². The van der Waals surface area contributed by atoms with Gasteiger partial charge in [0, 0.05) is 11.8 Å². The number of rotatable bonds is 3. The average molecular weight is 416 g/mol. The zero-order chi connectivity index (χ0) is 20.5. The van der Waals surface area contributed by atoms with E-state index in [4.69, 9.17) is 17.0 Å². The Kier molecular flexibility index (Phi) is 5.51. The van der Waals surface area contributed by atoms with Crippen LogP contribution in [0.4, 0.5) is 23.7 Å². The summed E-state index contributed by atoms with van der Waals surface area (Å²) >= 11 is 5.39. The van der Waals surface area contributed by atoms with Gasteiger partial charge in [-0.05, 0) is 44.1 Å². The molecule has 1 spiro atoms. The number of alkyl halides is 3. The summed E-state index contributed by atoms with van der Waals surface area (Å²) in [7, 11) is 0. The van der Waals surface area contributed by atoms with Crippen molar-refractivity contribution in [1.29, 1.82) is 0 Å². The summed E-state index contributed by atoms with van der Waals surface area (Å²) in [5.41, 5.74) is -0.854. The van der Waals surface area contributed by atoms with Gasteiger partial charge in [-0.3, -0.25) is 4.79 Å². The molecule has 1 saturated carbocycles. The molecule has 0 aromatic heterocycles. The molecule has 152 valence electrons. The maximum absolute atomic E-state index is 13.2. The van der Waals surface area contributed by atoms with Gasteiger partial charge in [-0.1, -0.05) is 25.3 Å². The SMILES string of the molecule is CCOC(=O)N1C(=O)C2(CCCCC2)N(c2cccc(OC(F)(F)F)c2)C1=S. The highest BCUT2D eigenvalue weighted by molar-refractivity contribution is 7.80. The molecule has 0 bridgehead atoms. The minimum atomic E-state index is -4.85. The lowest BCUT2D eigenvalue weighted by Crippen LogP contribution is -2.51. The summed E-state index contributed by atoms with van der Waals surface area (Å²) < 4.78 is 46.8. The van der Waals surface area contributed by atoms with Crippen LogP contribution in [0.25, 0.3) is 0 Å². The Morgan fingerprint density at radius 1 is 1.25 bits per heavy atom. The first kappa shape index (κ1) is 20.4. The van der Waals surface area contributed by atoms with Crippen LogP contribution in [-0.2, 0) is 9.53 Å². The van der Waals surface area contributed by atoms with Crippen molar-refractivity contribution in [2.75, 3.05) is 11.5 Å². The lowest BCUT2D eigenvalue weighted by molar-refractivity contribution is -0.274. The van der Waals surface area contributed by atoms with Crippen LogP contribution in [-0.4, -0.2) is 40.5 Å². The van der Waals surface area contributed by atoms with Crippen molar-refractivity contribution in [2.24, 2.45) is 0 Å². The fourth-order valence-electron chi connectivity index (χ4n) is 3.77. The summed E-state index contributed by atoms with van der Waals surface area (Å²) in [5.74, 6) is -0.932. The van der Waals surface area contributed by atoms with E-state index in [-0.39, 0.29) is 17.4 Å². The molecular weight excluding hydrogens is 397 g/mol. The molecule has 1 heterocycles. The van der Waals surface area contributed by atoms with E-state index in [1.807, 2.05) is 0 Å². The van der Waals surface area contributed by atoms with Gasteiger partial charge in [0.1, 0.15) is 11.3 Å². The first-order valence-electron chi connectivity index (χ1n) is 8.91. The molecule has 2 amide bonds. The minimum Gasteiger partial charge on any atom is -0.449 e. The van der Waals surface area contributed by atoms with Crippen molar-refractivity contribution in [3.63, 3.8) is 0 Å². The largest absolute Gasteiger partial charge is 0.573 e. The molecule has 0 unspecified atom stereocenters. The van der Waals surface area contributed by atoms with E-state index in [1.54, 1.807) is 6.92 Å². The van der Waals surface area contributed by atoms with Crippen LogP contribution in [0.5, 0.6) is 5.75 Å². The van der Waals surface area contributed by atoms with Crippen molar-refractivity contribution in [3.05, 3.63) is 24.3 Å². The fourth-order valence-corrected chi connectivity index (χ4v) is 4.21. The molecule has 2 fully saturated rings. The Labute approximate surface area is 165 Å². The molecule has 28 heavy (non-hydrogen) atoms. The number of anilines is 1. The lowest BCUT2D eigenvalue weighted by atomic mass is 9.80. The molecule has 1 aromatic rings. The number of halogens is 3. The number of hydrogen-bond acceptors (Lipinski definition) is 5. The Hall–Kier alpha value is -2.36. The van der Waals surface area contributed by atoms with Gasteiger partial charge in [0.15, 0.2) is 5.11 Å². The second-order valence-electron chi connectivity index (χ2n) is 6.59. The summed E-state index contributed by atoms with van der Waals surface area (Å²) in [6, 6.07) is 5.24. The van der Waals surface area contributed by atoms with Crippen LogP contribution < -0.4 is 9.64 Å². The van der Waals surface area contributed by atoms with Gasteiger partial charge in [0.05, 0.1) is 6.61 Å². The summed E-state index contributed by atoms with van der Waals surface area (Å²) in [6.45, 7) is 1.67. The molecule has 10 heteroatoms. The zero-order valence-corrected chi connectivity index (χ0v) is 15.9. The van der Waals surface area contributed by atoms with Gasteiger partial charge in [-0.25, -0.2) is 4.79 Å². The number of benzene rings is 1. The van der Waals surface area contributed by atoms with Gasteiger partial charge in [-0.2, -0.15) is 4.90 Å². The van der Waals surface area contributed by atoms with Crippen molar-refractivity contribution in [1.82, 2.24) is 4.90 Å². The Morgan fingerprint density at radius 3 is 2.54 bits per heavy atom. The van der Waals surface area contributed by atoms with Crippen LogP contribution in [0.15, 0.2) is 24.3 Å². The monoisotopic (exact) mass is 416 g/mol. The molecular formula is C18H19F3N2O4S. The van der Waals surface area contributed by atoms with Crippen molar-refractivity contribution in [2.45, 2.75) is 50.9 Å².